The average molecular weight is 632 g/mol. The van der Waals surface area contributed by atoms with Crippen LogP contribution in [0.1, 0.15) is 64.9 Å². The molecule has 0 aliphatic heterocycles. The number of carbonyl (C=O) groups excluding carboxylic acids is 3. The van der Waals surface area contributed by atoms with Crippen molar-refractivity contribution in [1.82, 2.24) is 20.3 Å². The molecule has 2 saturated carbocycles. The molecule has 1 aromatic carbocycles. The first-order chi connectivity index (χ1) is 20.6. The van der Waals surface area contributed by atoms with Crippen molar-refractivity contribution in [2.24, 2.45) is 28.9 Å². The Morgan fingerprint density at radius 1 is 1.11 bits per heavy atom. The third kappa shape index (κ3) is 7.49. The standard InChI is InChI=1S/C31H45N5O7S/c1-19(2)23(14-27(38)33-13-10-20-16-34-24-7-5-4-6-22(20)24)29(41)36-25(15-28(39)40)26(37)17-35-44(42,43)18-31-11-8-21(9-12-31)30(31,3)32/h4-7,16,19,21,23,25,34-35H,8-15,17-18,32H2,1-3H3,(H,33,38)(H,36,41)(H,39,40)/t21?,23-,25?,30?,31?/m0/s1. The van der Waals surface area contributed by atoms with E-state index in [1.54, 1.807) is 13.8 Å². The van der Waals surface area contributed by atoms with Crippen LogP contribution in [0, 0.1) is 23.2 Å². The molecule has 3 atom stereocenters. The third-order valence-electron chi connectivity index (χ3n) is 9.89. The van der Waals surface area contributed by atoms with Crippen LogP contribution in [-0.4, -0.2) is 72.5 Å². The number of rotatable bonds is 16. The van der Waals surface area contributed by atoms with Gasteiger partial charge in [-0.15, -0.1) is 0 Å². The van der Waals surface area contributed by atoms with E-state index >= 15 is 0 Å². The maximum atomic E-state index is 13.2. The summed E-state index contributed by atoms with van der Waals surface area (Å²) in [6, 6.07) is 6.38. The first kappa shape index (κ1) is 33.6. The number of ketones is 1. The minimum absolute atomic E-state index is 0.154. The van der Waals surface area contributed by atoms with Gasteiger partial charge in [-0.05, 0) is 62.5 Å². The number of carbonyl (C=O) groups is 4. The largest absolute Gasteiger partial charge is 0.481 e. The lowest BCUT2D eigenvalue weighted by Gasteiger charge is -2.37. The van der Waals surface area contributed by atoms with Crippen molar-refractivity contribution in [2.75, 3.05) is 18.8 Å². The topological polar surface area (TPSA) is 201 Å². The van der Waals surface area contributed by atoms with Crippen molar-refractivity contribution >= 4 is 44.5 Å². The van der Waals surface area contributed by atoms with Gasteiger partial charge in [-0.1, -0.05) is 32.0 Å². The van der Waals surface area contributed by atoms with Crippen LogP contribution in [0.4, 0.5) is 0 Å². The molecule has 2 fully saturated rings. The molecule has 2 bridgehead atoms. The van der Waals surface area contributed by atoms with E-state index in [9.17, 15) is 32.7 Å². The van der Waals surface area contributed by atoms with Gasteiger partial charge in [0, 0.05) is 46.9 Å². The molecule has 44 heavy (non-hydrogen) atoms. The maximum absolute atomic E-state index is 13.2. The van der Waals surface area contributed by atoms with Crippen LogP contribution in [0.25, 0.3) is 10.9 Å². The molecule has 13 heteroatoms. The molecular weight excluding hydrogens is 586 g/mol. The van der Waals surface area contributed by atoms with Gasteiger partial charge in [-0.3, -0.25) is 19.2 Å². The first-order valence-corrected chi connectivity index (χ1v) is 16.9. The van der Waals surface area contributed by atoms with E-state index in [4.69, 9.17) is 5.73 Å². The zero-order chi connectivity index (χ0) is 32.3. The Bertz CT molecular complexity index is 1490. The number of fused-ring (bicyclic) bond motifs is 3. The minimum atomic E-state index is -3.91. The molecule has 7 N–H and O–H groups in total. The highest BCUT2D eigenvalue weighted by molar-refractivity contribution is 7.89. The quantitative estimate of drug-likeness (QED) is 0.161. The summed E-state index contributed by atoms with van der Waals surface area (Å²) in [5.74, 6) is -4.16. The van der Waals surface area contributed by atoms with Crippen LogP contribution in [0.5, 0.6) is 0 Å². The number of carboxylic acids is 1. The fourth-order valence-electron chi connectivity index (χ4n) is 7.04. The van der Waals surface area contributed by atoms with E-state index in [2.05, 4.69) is 20.3 Å². The van der Waals surface area contributed by atoms with Gasteiger partial charge in [0.05, 0.1) is 24.8 Å². The van der Waals surface area contributed by atoms with Crippen LogP contribution in [0.15, 0.2) is 30.5 Å². The summed E-state index contributed by atoms with van der Waals surface area (Å²) >= 11 is 0. The van der Waals surface area contributed by atoms with Crippen LogP contribution in [0.3, 0.4) is 0 Å². The van der Waals surface area contributed by atoms with Crippen molar-refractivity contribution in [3.05, 3.63) is 36.0 Å². The number of para-hydroxylation sites is 1. The van der Waals surface area contributed by atoms with Crippen molar-refractivity contribution in [3.8, 4) is 0 Å². The van der Waals surface area contributed by atoms with E-state index in [-0.39, 0.29) is 29.9 Å². The fourth-order valence-corrected chi connectivity index (χ4v) is 8.83. The van der Waals surface area contributed by atoms with Gasteiger partial charge in [0.1, 0.15) is 0 Å². The number of carboxylic acid groups (broad SMARTS) is 1. The number of nitrogens with two attached hydrogens (primary N) is 1. The summed E-state index contributed by atoms with van der Waals surface area (Å²) in [7, 11) is -3.91. The van der Waals surface area contributed by atoms with Crippen molar-refractivity contribution in [3.63, 3.8) is 0 Å². The molecule has 0 radical (unpaired) electrons. The van der Waals surface area contributed by atoms with Crippen molar-refractivity contribution in [1.29, 1.82) is 0 Å². The monoisotopic (exact) mass is 631 g/mol. The first-order valence-electron chi connectivity index (χ1n) is 15.3. The highest BCUT2D eigenvalue weighted by Gasteiger charge is 2.60. The second-order valence-corrected chi connectivity index (χ2v) is 14.9. The molecule has 2 aliphatic rings. The smallest absolute Gasteiger partial charge is 0.305 e. The van der Waals surface area contributed by atoms with E-state index in [1.165, 1.54) is 0 Å². The number of hydrogen-bond acceptors (Lipinski definition) is 7. The predicted molar refractivity (Wildman–Crippen MR) is 166 cm³/mol. The van der Waals surface area contributed by atoms with Gasteiger partial charge in [-0.2, -0.15) is 0 Å². The van der Waals surface area contributed by atoms with E-state index in [0.717, 1.165) is 29.3 Å². The van der Waals surface area contributed by atoms with E-state index in [0.29, 0.717) is 25.8 Å². The number of aromatic amines is 1. The lowest BCUT2D eigenvalue weighted by molar-refractivity contribution is -0.141. The number of hydrogen-bond donors (Lipinski definition) is 6. The molecule has 1 heterocycles. The molecule has 12 nitrogen and oxygen atoms in total. The zero-order valence-electron chi connectivity index (χ0n) is 25.6. The minimum Gasteiger partial charge on any atom is -0.481 e. The summed E-state index contributed by atoms with van der Waals surface area (Å²) < 4.78 is 28.3. The fraction of sp³-hybridized carbons (Fsp3) is 0.613. The Labute approximate surface area is 258 Å². The summed E-state index contributed by atoms with van der Waals surface area (Å²) in [5.41, 5.74) is 7.41. The summed E-state index contributed by atoms with van der Waals surface area (Å²) in [4.78, 5) is 53.7. The summed E-state index contributed by atoms with van der Waals surface area (Å²) in [6.45, 7) is 5.10. The maximum Gasteiger partial charge on any atom is 0.305 e. The van der Waals surface area contributed by atoms with E-state index < -0.39 is 63.6 Å². The van der Waals surface area contributed by atoms with Gasteiger partial charge < -0.3 is 26.5 Å². The van der Waals surface area contributed by atoms with E-state index in [1.807, 2.05) is 37.4 Å². The van der Waals surface area contributed by atoms with Crippen LogP contribution in [-0.2, 0) is 35.6 Å². The second-order valence-electron chi connectivity index (χ2n) is 13.1. The van der Waals surface area contributed by atoms with Gasteiger partial charge in [-0.25, -0.2) is 13.1 Å². The number of aromatic nitrogens is 1. The predicted octanol–water partition coefficient (Wildman–Crippen LogP) is 1.84. The number of amides is 2. The van der Waals surface area contributed by atoms with Crippen molar-refractivity contribution < 1.29 is 32.7 Å². The van der Waals surface area contributed by atoms with Crippen LogP contribution < -0.4 is 21.1 Å². The van der Waals surface area contributed by atoms with Gasteiger partial charge in [0.15, 0.2) is 5.78 Å². The number of aliphatic carboxylic acids is 1. The van der Waals surface area contributed by atoms with Crippen LogP contribution in [0.2, 0.25) is 0 Å². The van der Waals surface area contributed by atoms with Crippen LogP contribution >= 0.6 is 0 Å². The molecular formula is C31H45N5O7S. The second kappa shape index (κ2) is 13.4. The SMILES string of the molecule is CC(C)[C@H](CC(=O)NCCc1c[nH]c2ccccc12)C(=O)NC(CC(=O)O)C(=O)CNS(=O)(=O)CC12CCC(CC1)C2(C)N. The number of H-pyrrole nitrogens is 1. The Morgan fingerprint density at radius 3 is 2.41 bits per heavy atom. The third-order valence-corrected chi connectivity index (χ3v) is 11.4. The normalized spacial score (nSPS) is 24.3. The molecule has 242 valence electrons. The van der Waals surface area contributed by atoms with Gasteiger partial charge >= 0.3 is 5.97 Å². The number of nitrogens with one attached hydrogen (secondary N) is 4. The summed E-state index contributed by atoms with van der Waals surface area (Å²) in [5, 5.41) is 15.8. The highest BCUT2D eigenvalue weighted by atomic mass is 32.2. The summed E-state index contributed by atoms with van der Waals surface area (Å²) in [6.07, 6.45) is 4.74. The average Bonchev–Trinajstić information content (AvgIpc) is 3.54. The lowest BCUT2D eigenvalue weighted by Crippen LogP contribution is -2.54. The highest BCUT2D eigenvalue weighted by Crippen LogP contribution is 2.59. The number of benzene rings is 1. The molecule has 0 saturated heterocycles. The molecule has 2 amide bonds. The van der Waals surface area contributed by atoms with Crippen molar-refractivity contribution in [2.45, 2.75) is 77.3 Å². The molecule has 0 spiro atoms. The Kier molecular flexibility index (Phi) is 10.2. The molecule has 2 aromatic rings. The Morgan fingerprint density at radius 2 is 1.80 bits per heavy atom. The lowest BCUT2D eigenvalue weighted by atomic mass is 9.77. The molecule has 2 unspecified atom stereocenters. The molecule has 4 rings (SSSR count). The molecule has 2 aliphatic carbocycles. The molecule has 1 aromatic heterocycles. The Balaban J connectivity index is 1.31. The number of Topliss-reactive ketones (excluding diaryl/α,β-unsaturated/α-hetero) is 1. The van der Waals surface area contributed by atoms with Gasteiger partial charge in [0.25, 0.3) is 0 Å². The Hall–Kier alpha value is -3.29. The number of sulfonamides is 1. The van der Waals surface area contributed by atoms with Gasteiger partial charge in [0.2, 0.25) is 21.8 Å². The zero-order valence-corrected chi connectivity index (χ0v) is 26.5.